The van der Waals surface area contributed by atoms with Gasteiger partial charge in [-0.05, 0) is 61.4 Å². The predicted octanol–water partition coefficient (Wildman–Crippen LogP) is 4.94. The fourth-order valence-electron chi connectivity index (χ4n) is 3.14. The molecule has 136 valence electrons. The molecule has 6 heteroatoms. The van der Waals surface area contributed by atoms with E-state index in [2.05, 4.69) is 12.1 Å². The van der Waals surface area contributed by atoms with E-state index in [1.165, 1.54) is 12.1 Å². The lowest BCUT2D eigenvalue weighted by Crippen LogP contribution is -1.99. The molecule has 0 fully saturated rings. The van der Waals surface area contributed by atoms with Gasteiger partial charge in [0, 0.05) is 29.2 Å². The lowest BCUT2D eigenvalue weighted by atomic mass is 10.0. The fraction of sp³-hybridized carbons (Fsp3) is 0.0909. The molecule has 0 aliphatic rings. The number of aromatic nitrogens is 1. The van der Waals surface area contributed by atoms with Crippen LogP contribution >= 0.6 is 0 Å². The van der Waals surface area contributed by atoms with E-state index in [9.17, 15) is 15.4 Å². The van der Waals surface area contributed by atoms with E-state index in [-0.39, 0.29) is 5.69 Å². The van der Waals surface area contributed by atoms with Gasteiger partial charge >= 0.3 is 0 Å². The highest BCUT2D eigenvalue weighted by Gasteiger charge is 2.13. The molecule has 0 bridgehead atoms. The fourth-order valence-corrected chi connectivity index (χ4v) is 3.14. The summed E-state index contributed by atoms with van der Waals surface area (Å²) in [7, 11) is 0. The molecule has 28 heavy (non-hydrogen) atoms. The third-order valence-electron chi connectivity index (χ3n) is 4.51. The number of rotatable bonds is 4. The number of benzene rings is 2. The molecule has 0 aliphatic carbocycles. The van der Waals surface area contributed by atoms with Gasteiger partial charge in [-0.2, -0.15) is 10.5 Å². The summed E-state index contributed by atoms with van der Waals surface area (Å²) < 4.78 is 2.04. The van der Waals surface area contributed by atoms with Crippen molar-refractivity contribution < 1.29 is 4.92 Å². The van der Waals surface area contributed by atoms with Crippen molar-refractivity contribution >= 4 is 17.3 Å². The van der Waals surface area contributed by atoms with E-state index < -0.39 is 4.92 Å². The molecule has 0 spiro atoms. The molecule has 0 amide bonds. The topological polar surface area (TPSA) is 95.6 Å². The van der Waals surface area contributed by atoms with E-state index in [1.54, 1.807) is 30.3 Å². The van der Waals surface area contributed by atoms with Gasteiger partial charge in [0.1, 0.15) is 0 Å². The molecular formula is C22H16N4O2. The van der Waals surface area contributed by atoms with Crippen molar-refractivity contribution in [1.82, 2.24) is 4.57 Å². The largest absolute Gasteiger partial charge is 0.318 e. The Bertz CT molecular complexity index is 1170. The molecule has 3 aromatic rings. The molecule has 0 atom stereocenters. The number of nitro benzene ring substituents is 1. The lowest BCUT2D eigenvalue weighted by molar-refractivity contribution is -0.384. The van der Waals surface area contributed by atoms with Crippen molar-refractivity contribution in [1.29, 1.82) is 10.5 Å². The van der Waals surface area contributed by atoms with Crippen molar-refractivity contribution in [3.63, 3.8) is 0 Å². The summed E-state index contributed by atoms with van der Waals surface area (Å²) in [5.74, 6) is 0. The van der Waals surface area contributed by atoms with Gasteiger partial charge < -0.3 is 4.57 Å². The molecule has 0 aliphatic heterocycles. The number of nitrogens with zero attached hydrogens (tertiary/aromatic N) is 4. The molecule has 3 rings (SSSR count). The first-order valence-corrected chi connectivity index (χ1v) is 8.50. The Morgan fingerprint density at radius 3 is 2.43 bits per heavy atom. The van der Waals surface area contributed by atoms with Gasteiger partial charge in [0.15, 0.2) is 0 Å². The van der Waals surface area contributed by atoms with Crippen LogP contribution in [0.3, 0.4) is 0 Å². The molecule has 0 N–H and O–H groups in total. The van der Waals surface area contributed by atoms with Gasteiger partial charge in [-0.15, -0.1) is 0 Å². The average Bonchev–Trinajstić information content (AvgIpc) is 2.99. The highest BCUT2D eigenvalue weighted by Crippen LogP contribution is 2.26. The third kappa shape index (κ3) is 3.53. The Kier molecular flexibility index (Phi) is 5.06. The highest BCUT2D eigenvalue weighted by atomic mass is 16.6. The number of nitro groups is 1. The first kappa shape index (κ1) is 18.6. The molecule has 0 saturated carbocycles. The van der Waals surface area contributed by atoms with Gasteiger partial charge in [0.2, 0.25) is 0 Å². The van der Waals surface area contributed by atoms with Crippen LogP contribution in [0, 0.1) is 46.6 Å². The maximum atomic E-state index is 11.0. The number of allylic oxidation sites excluding steroid dienone is 1. The van der Waals surface area contributed by atoms with Crippen LogP contribution in [0.2, 0.25) is 0 Å². The van der Waals surface area contributed by atoms with Crippen LogP contribution in [-0.4, -0.2) is 9.49 Å². The second-order valence-electron chi connectivity index (χ2n) is 6.30. The maximum absolute atomic E-state index is 11.0. The quantitative estimate of drug-likeness (QED) is 0.370. The van der Waals surface area contributed by atoms with Gasteiger partial charge in [0.05, 0.1) is 28.2 Å². The Morgan fingerprint density at radius 1 is 1.11 bits per heavy atom. The van der Waals surface area contributed by atoms with Crippen LogP contribution in [0.5, 0.6) is 0 Å². The smallest absolute Gasteiger partial charge is 0.270 e. The minimum Gasteiger partial charge on any atom is -0.318 e. The summed E-state index contributed by atoms with van der Waals surface area (Å²) in [6.07, 6.45) is 1.74. The van der Waals surface area contributed by atoms with Crippen LogP contribution in [0.4, 0.5) is 5.69 Å². The van der Waals surface area contributed by atoms with E-state index >= 15 is 0 Å². The minimum atomic E-state index is -0.477. The molecule has 1 aromatic heterocycles. The molecule has 0 unspecified atom stereocenters. The second kappa shape index (κ2) is 7.61. The van der Waals surface area contributed by atoms with Crippen molar-refractivity contribution in [3.05, 3.63) is 92.8 Å². The average molecular weight is 368 g/mol. The molecule has 6 nitrogen and oxygen atoms in total. The molecule has 1 heterocycles. The van der Waals surface area contributed by atoms with Gasteiger partial charge in [0.25, 0.3) is 5.69 Å². The predicted molar refractivity (Wildman–Crippen MR) is 107 cm³/mol. The first-order chi connectivity index (χ1) is 13.4. The van der Waals surface area contributed by atoms with Crippen LogP contribution in [0.15, 0.2) is 54.6 Å². The van der Waals surface area contributed by atoms with E-state index in [0.717, 1.165) is 22.6 Å². The van der Waals surface area contributed by atoms with E-state index in [1.807, 2.05) is 36.6 Å². The Hall–Kier alpha value is -4.16. The summed E-state index contributed by atoms with van der Waals surface area (Å²) >= 11 is 0. The zero-order valence-electron chi connectivity index (χ0n) is 15.4. The van der Waals surface area contributed by atoms with Crippen LogP contribution in [0.25, 0.3) is 17.3 Å². The summed E-state index contributed by atoms with van der Waals surface area (Å²) in [6.45, 7) is 3.90. The van der Waals surface area contributed by atoms with Crippen LogP contribution in [0.1, 0.15) is 28.1 Å². The molecule has 0 saturated heterocycles. The summed E-state index contributed by atoms with van der Waals surface area (Å²) in [5.41, 5.74) is 5.06. The van der Waals surface area contributed by atoms with Gasteiger partial charge in [-0.1, -0.05) is 12.1 Å². The monoisotopic (exact) mass is 368 g/mol. The third-order valence-corrected chi connectivity index (χ3v) is 4.51. The van der Waals surface area contributed by atoms with Crippen molar-refractivity contribution in [2.24, 2.45) is 0 Å². The van der Waals surface area contributed by atoms with Crippen molar-refractivity contribution in [2.75, 3.05) is 0 Å². The van der Waals surface area contributed by atoms with Crippen LogP contribution < -0.4 is 0 Å². The van der Waals surface area contributed by atoms with E-state index in [0.29, 0.717) is 16.7 Å². The van der Waals surface area contributed by atoms with Crippen molar-refractivity contribution in [2.45, 2.75) is 13.8 Å². The van der Waals surface area contributed by atoms with Gasteiger partial charge in [-0.25, -0.2) is 0 Å². The Balaban J connectivity index is 2.06. The number of nitriles is 2. The number of aryl methyl sites for hydroxylation is 1. The molecular weight excluding hydrogens is 352 g/mol. The second-order valence-corrected chi connectivity index (χ2v) is 6.30. The van der Waals surface area contributed by atoms with Crippen molar-refractivity contribution in [3.8, 4) is 17.8 Å². The number of hydrogen-bond donors (Lipinski definition) is 0. The molecule has 2 aromatic carbocycles. The highest BCUT2D eigenvalue weighted by molar-refractivity contribution is 5.90. The summed E-state index contributed by atoms with van der Waals surface area (Å²) in [4.78, 5) is 10.5. The summed E-state index contributed by atoms with van der Waals surface area (Å²) in [5, 5.41) is 29.6. The zero-order chi connectivity index (χ0) is 20.3. The number of non-ortho nitro benzene ring substituents is 1. The zero-order valence-corrected chi connectivity index (χ0v) is 15.4. The van der Waals surface area contributed by atoms with E-state index in [4.69, 9.17) is 5.26 Å². The molecule has 0 radical (unpaired) electrons. The standard InChI is InChI=1S/C22H16N4O2/c1-15-10-19(16(2)25(15)21-8-6-17(13-23)7-9-21)11-20(14-24)18-4-3-5-22(12-18)26(27)28/h3-12H,1-2H3. The first-order valence-electron chi connectivity index (χ1n) is 8.50. The SMILES string of the molecule is Cc1cc(C=C(C#N)c2cccc([N+](=O)[O-])c2)c(C)n1-c1ccc(C#N)cc1. The minimum absolute atomic E-state index is 0.0540. The maximum Gasteiger partial charge on any atom is 0.270 e. The normalized spacial score (nSPS) is 10.9. The lowest BCUT2D eigenvalue weighted by Gasteiger charge is -2.09. The Labute approximate surface area is 162 Å². The summed E-state index contributed by atoms with van der Waals surface area (Å²) in [6, 6.07) is 19.5. The van der Waals surface area contributed by atoms with Gasteiger partial charge in [-0.3, -0.25) is 10.1 Å². The van der Waals surface area contributed by atoms with Crippen LogP contribution in [-0.2, 0) is 0 Å². The Morgan fingerprint density at radius 2 is 1.82 bits per heavy atom. The number of hydrogen-bond acceptors (Lipinski definition) is 4.